The molecule has 5 heteroatoms. The van der Waals surface area contributed by atoms with Crippen LogP contribution in [0.25, 0.3) is 0 Å². The van der Waals surface area contributed by atoms with Gasteiger partial charge in [0.1, 0.15) is 23.1 Å². The van der Waals surface area contributed by atoms with Crippen molar-refractivity contribution in [3.05, 3.63) is 39.3 Å². The van der Waals surface area contributed by atoms with Crippen molar-refractivity contribution in [1.29, 1.82) is 0 Å². The third-order valence-electron chi connectivity index (χ3n) is 3.14. The predicted octanol–water partition coefficient (Wildman–Crippen LogP) is 3.37. The molecule has 0 saturated carbocycles. The standard InChI is InChI=1S/C15H20N2O2S/c1-9(16)13-6-5-12(18-4)7-14(13)19-8-15-17-10(2)11(3)20-15/h5-7,9H,8,16H2,1-4H3/t9-/m0/s1. The second-order valence-electron chi connectivity index (χ2n) is 4.73. The lowest BCUT2D eigenvalue weighted by Gasteiger charge is -2.14. The van der Waals surface area contributed by atoms with E-state index in [0.717, 1.165) is 27.8 Å². The van der Waals surface area contributed by atoms with Crippen molar-refractivity contribution in [2.75, 3.05) is 7.11 Å². The van der Waals surface area contributed by atoms with Crippen LogP contribution >= 0.6 is 11.3 Å². The monoisotopic (exact) mass is 292 g/mol. The maximum absolute atomic E-state index is 5.97. The highest BCUT2D eigenvalue weighted by Crippen LogP contribution is 2.29. The normalized spacial score (nSPS) is 12.2. The van der Waals surface area contributed by atoms with Crippen LogP contribution in [0, 0.1) is 13.8 Å². The molecule has 0 aliphatic heterocycles. The molecule has 2 aromatic rings. The first-order valence-electron chi connectivity index (χ1n) is 6.50. The molecule has 4 nitrogen and oxygen atoms in total. The minimum absolute atomic E-state index is 0.0873. The molecule has 108 valence electrons. The molecular weight excluding hydrogens is 272 g/mol. The van der Waals surface area contributed by atoms with Crippen LogP contribution in [0.5, 0.6) is 11.5 Å². The van der Waals surface area contributed by atoms with E-state index < -0.39 is 0 Å². The quantitative estimate of drug-likeness (QED) is 0.918. The zero-order chi connectivity index (χ0) is 14.7. The minimum atomic E-state index is -0.0873. The summed E-state index contributed by atoms with van der Waals surface area (Å²) >= 11 is 1.66. The molecule has 0 radical (unpaired) electrons. The zero-order valence-electron chi connectivity index (χ0n) is 12.3. The first-order valence-corrected chi connectivity index (χ1v) is 7.32. The Balaban J connectivity index is 2.18. The van der Waals surface area contributed by atoms with E-state index in [2.05, 4.69) is 11.9 Å². The molecule has 20 heavy (non-hydrogen) atoms. The van der Waals surface area contributed by atoms with Crippen LogP contribution in [0.3, 0.4) is 0 Å². The molecule has 0 unspecified atom stereocenters. The fourth-order valence-electron chi connectivity index (χ4n) is 1.88. The van der Waals surface area contributed by atoms with Gasteiger partial charge in [0.25, 0.3) is 0 Å². The number of methoxy groups -OCH3 is 1. The van der Waals surface area contributed by atoms with Gasteiger partial charge in [0.05, 0.1) is 12.8 Å². The smallest absolute Gasteiger partial charge is 0.140 e. The average Bonchev–Trinajstić information content (AvgIpc) is 2.75. The molecule has 0 saturated heterocycles. The van der Waals surface area contributed by atoms with E-state index in [1.807, 2.05) is 32.0 Å². The number of ether oxygens (including phenoxy) is 2. The fourth-order valence-corrected chi connectivity index (χ4v) is 2.73. The fraction of sp³-hybridized carbons (Fsp3) is 0.400. The van der Waals surface area contributed by atoms with E-state index in [9.17, 15) is 0 Å². The van der Waals surface area contributed by atoms with E-state index in [0.29, 0.717) is 6.61 Å². The zero-order valence-corrected chi connectivity index (χ0v) is 13.1. The minimum Gasteiger partial charge on any atom is -0.497 e. The first kappa shape index (κ1) is 14.8. The Morgan fingerprint density at radius 1 is 1.35 bits per heavy atom. The van der Waals surface area contributed by atoms with E-state index in [4.69, 9.17) is 15.2 Å². The summed E-state index contributed by atoms with van der Waals surface area (Å²) in [6.45, 7) is 6.46. The Bertz CT molecular complexity index is 574. The van der Waals surface area contributed by atoms with Crippen LogP contribution in [-0.4, -0.2) is 12.1 Å². The molecule has 1 heterocycles. The van der Waals surface area contributed by atoms with Gasteiger partial charge in [0, 0.05) is 22.5 Å². The number of nitrogens with zero attached hydrogens (tertiary/aromatic N) is 1. The highest BCUT2D eigenvalue weighted by molar-refractivity contribution is 7.11. The Labute approximate surface area is 123 Å². The number of hydrogen-bond acceptors (Lipinski definition) is 5. The van der Waals surface area contributed by atoms with Gasteiger partial charge in [-0.1, -0.05) is 6.07 Å². The molecule has 0 fully saturated rings. The van der Waals surface area contributed by atoms with Crippen LogP contribution in [0.4, 0.5) is 0 Å². The average molecular weight is 292 g/mol. The number of hydrogen-bond donors (Lipinski definition) is 1. The number of nitrogens with two attached hydrogens (primary N) is 1. The van der Waals surface area contributed by atoms with Crippen molar-refractivity contribution < 1.29 is 9.47 Å². The van der Waals surface area contributed by atoms with E-state index in [1.54, 1.807) is 18.4 Å². The van der Waals surface area contributed by atoms with Gasteiger partial charge in [-0.25, -0.2) is 4.98 Å². The van der Waals surface area contributed by atoms with Gasteiger partial charge in [-0.05, 0) is 26.8 Å². The number of aryl methyl sites for hydroxylation is 2. The third kappa shape index (κ3) is 3.29. The lowest BCUT2D eigenvalue weighted by atomic mass is 10.1. The molecule has 0 spiro atoms. The van der Waals surface area contributed by atoms with Gasteiger partial charge in [-0.15, -0.1) is 11.3 Å². The Kier molecular flexibility index (Phi) is 4.62. The van der Waals surface area contributed by atoms with Crippen LogP contribution in [-0.2, 0) is 6.61 Å². The van der Waals surface area contributed by atoms with Gasteiger partial charge in [0.2, 0.25) is 0 Å². The van der Waals surface area contributed by atoms with Crippen molar-refractivity contribution in [1.82, 2.24) is 4.98 Å². The number of benzene rings is 1. The van der Waals surface area contributed by atoms with Crippen LogP contribution in [0.2, 0.25) is 0 Å². The molecule has 0 aliphatic rings. The van der Waals surface area contributed by atoms with Crippen molar-refractivity contribution >= 4 is 11.3 Å². The first-order chi connectivity index (χ1) is 9.51. The molecule has 0 amide bonds. The molecule has 1 aromatic carbocycles. The number of thiazole rings is 1. The lowest BCUT2D eigenvalue weighted by Crippen LogP contribution is -2.08. The van der Waals surface area contributed by atoms with Crippen LogP contribution in [0.1, 0.15) is 34.1 Å². The summed E-state index contributed by atoms with van der Waals surface area (Å²) in [6.07, 6.45) is 0. The second-order valence-corrected chi connectivity index (χ2v) is 6.02. The van der Waals surface area contributed by atoms with Crippen molar-refractivity contribution in [2.45, 2.75) is 33.4 Å². The summed E-state index contributed by atoms with van der Waals surface area (Å²) in [7, 11) is 1.64. The summed E-state index contributed by atoms with van der Waals surface area (Å²) in [6, 6.07) is 5.61. The molecule has 0 bridgehead atoms. The number of rotatable bonds is 5. The van der Waals surface area contributed by atoms with E-state index >= 15 is 0 Å². The van der Waals surface area contributed by atoms with Gasteiger partial charge in [0.15, 0.2) is 0 Å². The maximum Gasteiger partial charge on any atom is 0.140 e. The SMILES string of the molecule is COc1ccc([C@H](C)N)c(OCc2nc(C)c(C)s2)c1. The maximum atomic E-state index is 5.97. The van der Waals surface area contributed by atoms with Crippen molar-refractivity contribution in [2.24, 2.45) is 5.73 Å². The molecular formula is C15H20N2O2S. The lowest BCUT2D eigenvalue weighted by molar-refractivity contribution is 0.298. The largest absolute Gasteiger partial charge is 0.497 e. The summed E-state index contributed by atoms with van der Waals surface area (Å²) in [5, 5.41) is 0.971. The number of aromatic nitrogens is 1. The molecule has 0 aliphatic carbocycles. The van der Waals surface area contributed by atoms with E-state index in [1.165, 1.54) is 4.88 Å². The third-order valence-corrected chi connectivity index (χ3v) is 4.18. The topological polar surface area (TPSA) is 57.4 Å². The van der Waals surface area contributed by atoms with E-state index in [-0.39, 0.29) is 6.04 Å². The summed E-state index contributed by atoms with van der Waals surface area (Å²) in [4.78, 5) is 5.70. The van der Waals surface area contributed by atoms with Gasteiger partial charge in [-0.2, -0.15) is 0 Å². The molecule has 2 rings (SSSR count). The van der Waals surface area contributed by atoms with Gasteiger partial charge in [-0.3, -0.25) is 0 Å². The highest BCUT2D eigenvalue weighted by Gasteiger charge is 2.11. The second kappa shape index (κ2) is 6.24. The Morgan fingerprint density at radius 2 is 2.10 bits per heavy atom. The summed E-state index contributed by atoms with van der Waals surface area (Å²) in [5.74, 6) is 1.51. The van der Waals surface area contributed by atoms with Crippen molar-refractivity contribution in [3.63, 3.8) is 0 Å². The van der Waals surface area contributed by atoms with Crippen LogP contribution in [0.15, 0.2) is 18.2 Å². The Hall–Kier alpha value is -1.59. The molecule has 2 N–H and O–H groups in total. The van der Waals surface area contributed by atoms with Crippen LogP contribution < -0.4 is 15.2 Å². The van der Waals surface area contributed by atoms with Gasteiger partial charge < -0.3 is 15.2 Å². The predicted molar refractivity (Wildman–Crippen MR) is 81.5 cm³/mol. The molecule has 1 aromatic heterocycles. The van der Waals surface area contributed by atoms with Crippen molar-refractivity contribution in [3.8, 4) is 11.5 Å². The molecule has 1 atom stereocenters. The highest BCUT2D eigenvalue weighted by atomic mass is 32.1. The van der Waals surface area contributed by atoms with Gasteiger partial charge >= 0.3 is 0 Å². The summed E-state index contributed by atoms with van der Waals surface area (Å²) < 4.78 is 11.1. The summed E-state index contributed by atoms with van der Waals surface area (Å²) in [5.41, 5.74) is 8.00. The Morgan fingerprint density at radius 3 is 2.65 bits per heavy atom.